The summed E-state index contributed by atoms with van der Waals surface area (Å²) < 4.78 is 0. The van der Waals surface area contributed by atoms with Crippen molar-refractivity contribution in [1.29, 1.82) is 0 Å². The van der Waals surface area contributed by atoms with Crippen LogP contribution in [0.15, 0.2) is 24.3 Å². The average molecular weight is 265 g/mol. The fourth-order valence-corrected chi connectivity index (χ4v) is 3.10. The molecule has 2 N–H and O–H groups in total. The summed E-state index contributed by atoms with van der Waals surface area (Å²) in [6, 6.07) is 8.66. The number of nitrogen functional groups attached to an aromatic ring is 1. The second-order valence-corrected chi connectivity index (χ2v) is 5.96. The maximum absolute atomic E-state index is 6.14. The Morgan fingerprint density at radius 3 is 2.75 bits per heavy atom. The Morgan fingerprint density at radius 2 is 1.90 bits per heavy atom. The molecule has 1 aromatic carbocycles. The molecule has 0 saturated heterocycles. The second kappa shape index (κ2) is 4.58. The van der Waals surface area contributed by atoms with Gasteiger partial charge >= 0.3 is 0 Å². The van der Waals surface area contributed by atoms with Gasteiger partial charge in [0.15, 0.2) is 5.82 Å². The van der Waals surface area contributed by atoms with Crippen LogP contribution in [0.4, 0.5) is 5.82 Å². The Morgan fingerprint density at radius 1 is 1.05 bits per heavy atom. The number of hydrogen-bond acceptors (Lipinski definition) is 3. The summed E-state index contributed by atoms with van der Waals surface area (Å²) >= 11 is 0. The normalized spacial score (nSPS) is 17.8. The third-order valence-corrected chi connectivity index (χ3v) is 4.41. The topological polar surface area (TPSA) is 51.8 Å². The lowest BCUT2D eigenvalue weighted by Gasteiger charge is -2.17. The number of fused-ring (bicyclic) bond motifs is 1. The molecule has 0 unspecified atom stereocenters. The van der Waals surface area contributed by atoms with E-state index < -0.39 is 0 Å². The summed E-state index contributed by atoms with van der Waals surface area (Å²) in [4.78, 5) is 9.32. The number of nitrogens with zero attached hydrogens (tertiary/aromatic N) is 2. The molecular weight excluding hydrogens is 246 g/mol. The van der Waals surface area contributed by atoms with Gasteiger partial charge < -0.3 is 5.73 Å². The van der Waals surface area contributed by atoms with E-state index >= 15 is 0 Å². The Balaban J connectivity index is 1.78. The number of benzene rings is 1. The maximum Gasteiger partial charge on any atom is 0.161 e. The third kappa shape index (κ3) is 2.07. The van der Waals surface area contributed by atoms with Crippen LogP contribution in [-0.4, -0.2) is 9.97 Å². The van der Waals surface area contributed by atoms with E-state index in [0.717, 1.165) is 35.8 Å². The van der Waals surface area contributed by atoms with Crippen LogP contribution in [0.5, 0.6) is 0 Å². The third-order valence-electron chi connectivity index (χ3n) is 4.41. The van der Waals surface area contributed by atoms with Crippen molar-refractivity contribution in [1.82, 2.24) is 9.97 Å². The number of hydrogen-bond donors (Lipinski definition) is 1. The van der Waals surface area contributed by atoms with E-state index in [1.807, 2.05) is 0 Å². The molecule has 20 heavy (non-hydrogen) atoms. The summed E-state index contributed by atoms with van der Waals surface area (Å²) in [6.07, 6.45) is 7.12. The van der Waals surface area contributed by atoms with Gasteiger partial charge in [0.1, 0.15) is 5.82 Å². The SMILES string of the molecule is Nc1nc(-c2cccc(C3CC3)c2)nc2c1CCCC2. The van der Waals surface area contributed by atoms with Crippen molar-refractivity contribution in [2.24, 2.45) is 0 Å². The Hall–Kier alpha value is -1.90. The zero-order chi connectivity index (χ0) is 13.5. The molecule has 0 spiro atoms. The quantitative estimate of drug-likeness (QED) is 0.904. The number of aromatic nitrogens is 2. The van der Waals surface area contributed by atoms with Crippen molar-refractivity contribution in [3.8, 4) is 11.4 Å². The van der Waals surface area contributed by atoms with Gasteiger partial charge in [-0.05, 0) is 56.1 Å². The summed E-state index contributed by atoms with van der Waals surface area (Å²) in [5, 5.41) is 0. The smallest absolute Gasteiger partial charge is 0.161 e. The van der Waals surface area contributed by atoms with Crippen molar-refractivity contribution in [3.05, 3.63) is 41.1 Å². The van der Waals surface area contributed by atoms with Crippen LogP contribution in [0.25, 0.3) is 11.4 Å². The molecule has 3 nitrogen and oxygen atoms in total. The van der Waals surface area contributed by atoms with Gasteiger partial charge in [-0.25, -0.2) is 9.97 Å². The van der Waals surface area contributed by atoms with Crippen LogP contribution in [0.3, 0.4) is 0 Å². The molecular formula is C17H19N3. The minimum atomic E-state index is 0.682. The van der Waals surface area contributed by atoms with Crippen LogP contribution in [-0.2, 0) is 12.8 Å². The lowest BCUT2D eigenvalue weighted by molar-refractivity contribution is 0.666. The standard InChI is InChI=1S/C17H19N3/c18-16-14-6-1-2-7-15(14)19-17(20-16)13-5-3-4-12(10-13)11-8-9-11/h3-5,10-11H,1-2,6-9H2,(H2,18,19,20). The highest BCUT2D eigenvalue weighted by Gasteiger charge is 2.24. The largest absolute Gasteiger partial charge is 0.383 e. The van der Waals surface area contributed by atoms with Crippen LogP contribution in [0.1, 0.15) is 48.4 Å². The van der Waals surface area contributed by atoms with E-state index in [1.54, 1.807) is 0 Å². The van der Waals surface area contributed by atoms with Crippen LogP contribution in [0, 0.1) is 0 Å². The molecule has 1 heterocycles. The molecule has 4 rings (SSSR count). The average Bonchev–Trinajstić information content (AvgIpc) is 3.32. The number of nitrogens with two attached hydrogens (primary N) is 1. The number of aryl methyl sites for hydroxylation is 1. The van der Waals surface area contributed by atoms with Crippen molar-refractivity contribution in [3.63, 3.8) is 0 Å². The van der Waals surface area contributed by atoms with Gasteiger partial charge in [0.25, 0.3) is 0 Å². The molecule has 3 heteroatoms. The highest BCUT2D eigenvalue weighted by Crippen LogP contribution is 2.41. The first-order valence-electron chi connectivity index (χ1n) is 7.57. The molecule has 0 atom stereocenters. The van der Waals surface area contributed by atoms with Gasteiger partial charge in [-0.15, -0.1) is 0 Å². The predicted octanol–water partition coefficient (Wildman–Crippen LogP) is 3.48. The zero-order valence-electron chi connectivity index (χ0n) is 11.6. The van der Waals surface area contributed by atoms with Crippen LogP contribution in [0.2, 0.25) is 0 Å². The van der Waals surface area contributed by atoms with Gasteiger partial charge in [0, 0.05) is 16.8 Å². The van der Waals surface area contributed by atoms with Crippen molar-refractivity contribution < 1.29 is 0 Å². The molecule has 0 amide bonds. The predicted molar refractivity (Wildman–Crippen MR) is 80.5 cm³/mol. The lowest BCUT2D eigenvalue weighted by Crippen LogP contribution is -2.11. The summed E-state index contributed by atoms with van der Waals surface area (Å²) in [5.41, 5.74) is 11.0. The fourth-order valence-electron chi connectivity index (χ4n) is 3.10. The van der Waals surface area contributed by atoms with E-state index in [-0.39, 0.29) is 0 Å². The summed E-state index contributed by atoms with van der Waals surface area (Å²) in [7, 11) is 0. The Labute approximate surface area is 119 Å². The molecule has 2 aliphatic carbocycles. The minimum Gasteiger partial charge on any atom is -0.383 e. The molecule has 0 aliphatic heterocycles. The van der Waals surface area contributed by atoms with Crippen molar-refractivity contribution >= 4 is 5.82 Å². The first-order chi connectivity index (χ1) is 9.81. The minimum absolute atomic E-state index is 0.682. The number of anilines is 1. The van der Waals surface area contributed by atoms with Gasteiger partial charge in [-0.2, -0.15) is 0 Å². The van der Waals surface area contributed by atoms with Gasteiger partial charge in [-0.1, -0.05) is 18.2 Å². The number of rotatable bonds is 2. The van der Waals surface area contributed by atoms with Gasteiger partial charge in [0.05, 0.1) is 0 Å². The second-order valence-electron chi connectivity index (χ2n) is 5.96. The van der Waals surface area contributed by atoms with E-state index in [2.05, 4.69) is 29.2 Å². The molecule has 2 aromatic rings. The van der Waals surface area contributed by atoms with Gasteiger partial charge in [0.2, 0.25) is 0 Å². The van der Waals surface area contributed by atoms with Gasteiger partial charge in [-0.3, -0.25) is 0 Å². The molecule has 1 saturated carbocycles. The zero-order valence-corrected chi connectivity index (χ0v) is 11.6. The molecule has 1 fully saturated rings. The van der Waals surface area contributed by atoms with E-state index in [0.29, 0.717) is 5.82 Å². The van der Waals surface area contributed by atoms with Crippen LogP contribution >= 0.6 is 0 Å². The molecule has 0 bridgehead atoms. The summed E-state index contributed by atoms with van der Waals surface area (Å²) in [6.45, 7) is 0. The Bertz CT molecular complexity index is 659. The van der Waals surface area contributed by atoms with E-state index in [1.165, 1.54) is 36.8 Å². The molecule has 0 radical (unpaired) electrons. The van der Waals surface area contributed by atoms with Crippen LogP contribution < -0.4 is 5.73 Å². The fraction of sp³-hybridized carbons (Fsp3) is 0.412. The highest BCUT2D eigenvalue weighted by molar-refractivity contribution is 5.60. The lowest BCUT2D eigenvalue weighted by atomic mass is 9.96. The maximum atomic E-state index is 6.14. The van der Waals surface area contributed by atoms with Crippen molar-refractivity contribution in [2.75, 3.05) is 5.73 Å². The molecule has 102 valence electrons. The summed E-state index contributed by atoms with van der Waals surface area (Å²) in [5.74, 6) is 2.23. The molecule has 1 aromatic heterocycles. The molecule has 2 aliphatic rings. The van der Waals surface area contributed by atoms with Crippen molar-refractivity contribution in [2.45, 2.75) is 44.4 Å². The van der Waals surface area contributed by atoms with E-state index in [4.69, 9.17) is 10.7 Å². The monoisotopic (exact) mass is 265 g/mol. The highest BCUT2D eigenvalue weighted by atomic mass is 15.0. The Kier molecular flexibility index (Phi) is 2.72. The first-order valence-corrected chi connectivity index (χ1v) is 7.57. The first kappa shape index (κ1) is 11.9. The van der Waals surface area contributed by atoms with E-state index in [9.17, 15) is 0 Å².